The van der Waals surface area contributed by atoms with Gasteiger partial charge in [-0.1, -0.05) is 140 Å². The van der Waals surface area contributed by atoms with Gasteiger partial charge in [0.1, 0.15) is 55.4 Å². The summed E-state index contributed by atoms with van der Waals surface area (Å²) in [5.41, 5.74) is 4.57. The number of nitrogens with one attached hydrogen (secondary N) is 6. The molecule has 7 rings (SSSR count). The first-order chi connectivity index (χ1) is 69.9. The first kappa shape index (κ1) is 122. The average Bonchev–Trinajstić information content (AvgIpc) is 1.62. The zero-order valence-corrected chi connectivity index (χ0v) is 86.4. The second kappa shape index (κ2) is 68.0. The van der Waals surface area contributed by atoms with E-state index in [4.69, 9.17) is 85.3 Å². The van der Waals surface area contributed by atoms with E-state index in [0.29, 0.717) is 176 Å². The Morgan fingerprint density at radius 3 is 1.58 bits per heavy atom. The Labute approximate surface area is 851 Å². The number of ether oxygens (including phenoxy) is 18. The third-order valence-electron chi connectivity index (χ3n) is 25.3. The van der Waals surface area contributed by atoms with Gasteiger partial charge in [0, 0.05) is 73.8 Å². The Morgan fingerprint density at radius 2 is 1.07 bits per heavy atom. The molecule has 0 spiro atoms. The van der Waals surface area contributed by atoms with E-state index < -0.39 is 158 Å². The van der Waals surface area contributed by atoms with Crippen molar-refractivity contribution < 1.29 is 159 Å². The summed E-state index contributed by atoms with van der Waals surface area (Å²) in [6, 6.07) is 23.0. The van der Waals surface area contributed by atoms with E-state index in [2.05, 4.69) is 31.9 Å². The molecule has 2 saturated heterocycles. The van der Waals surface area contributed by atoms with Gasteiger partial charge in [0.25, 0.3) is 0 Å². The predicted octanol–water partition coefficient (Wildman–Crippen LogP) is 5.71. The lowest BCUT2D eigenvalue weighted by Gasteiger charge is -2.41. The quantitative estimate of drug-likeness (QED) is 0.0236. The van der Waals surface area contributed by atoms with Crippen molar-refractivity contribution in [3.63, 3.8) is 0 Å². The van der Waals surface area contributed by atoms with Gasteiger partial charge in [-0.05, 0) is 102 Å². The number of hydrogen-bond acceptors (Lipinski definition) is 32. The van der Waals surface area contributed by atoms with E-state index in [0.717, 1.165) is 27.2 Å². The highest BCUT2D eigenvalue weighted by atomic mass is 16.7. The topological polar surface area (TPSA) is 520 Å². The number of unbranched alkanes of at least 4 members (excludes halogenated alkanes) is 1. The van der Waals surface area contributed by atoms with Crippen LogP contribution in [-0.2, 0) is 125 Å². The molecule has 2 fully saturated rings. The van der Waals surface area contributed by atoms with Gasteiger partial charge in [0.15, 0.2) is 6.10 Å². The van der Waals surface area contributed by atoms with Crippen LogP contribution in [0.1, 0.15) is 147 Å². The summed E-state index contributed by atoms with van der Waals surface area (Å²) < 4.78 is 101. The molecule has 42 heteroatoms. The molecule has 145 heavy (non-hydrogen) atoms. The summed E-state index contributed by atoms with van der Waals surface area (Å²) >= 11 is 0. The standard InChI is InChI=1S/C103H159N9O33/c1-14-69(6)89(83(129-12)64-86(115)112-39-24-32-81(112)94(130-13)70(7)96(120)106-71(8)90(116)73-25-16-15-17-26-73)110(9)99(123)87(67(2)3)109-98(122)88(68(4)5)111(10)103(127)143-65-72-33-34-82(144-101-93(119)91(117)92(118)95(145-101)100(124)125)80(63-72)107-85(114)35-38-105-97(121)79(108-102(126)142-66-78-76-29-20-18-27-74(76)75-28-19-21-30-77(75)78)31-22-23-37-104-84(113)36-40-131-43-44-133-47-48-135-51-52-137-55-56-139-59-60-141-62-61-140-58-57-138-54-53-136-50-49-134-46-45-132-42-41-128-11/h15-21,25-30,33-34,63,67-71,78-79,81,83,87-95,101,116-119H,14,22-24,31-32,35-62,64-66H2,1-13H3,(H,104,113)(H,105,121)(H,106,120)(H,107,114)(H,108,126)(H,109,122)(H,124,125)/t69-,70+,71+,79-,81-,83+,87-,88-,89-,90+,91-,92-,93+,94+,95-,101+/m0/s1. The minimum absolute atomic E-state index is 0.0622. The van der Waals surface area contributed by atoms with Gasteiger partial charge >= 0.3 is 18.2 Å². The number of carboxylic acid groups (broad SMARTS) is 1. The molecule has 0 radical (unpaired) electrons. The summed E-state index contributed by atoms with van der Waals surface area (Å²) in [5, 5.41) is 70.0. The number of amides is 9. The largest absolute Gasteiger partial charge is 0.479 e. The highest BCUT2D eigenvalue weighted by Crippen LogP contribution is 2.45. The molecule has 42 nitrogen and oxygen atoms in total. The molecule has 0 bridgehead atoms. The predicted molar refractivity (Wildman–Crippen MR) is 530 cm³/mol. The number of carboxylic acids is 1. The van der Waals surface area contributed by atoms with Crippen LogP contribution in [0.4, 0.5) is 15.3 Å². The van der Waals surface area contributed by atoms with Crippen molar-refractivity contribution in [1.82, 2.24) is 41.3 Å². The fourth-order valence-electron chi connectivity index (χ4n) is 17.2. The SMILES string of the molecule is CC[C@H](C)[C@@H]([C@@H](CC(=O)N1CCC[C@H]1[C@H](OC)[C@@H](C)C(=O)N[C@H](C)[C@@H](O)c1ccccc1)OC)N(C)C(=O)[C@@H](NC(=O)[C@H](C(C)C)N(C)C(=O)OCc1ccc(O[C@@H]2O[C@H](C(=O)O)[C@@H](O)[C@H](O)[C@H]2O)c(NC(=O)CCNC(=O)[C@H](CCCCNC(=O)CCOCCOCCOCCOCCOCCOCCOCCOCCOCCOCCOCCOC)NC(=O)OCC2c3ccccc3-c3ccccc32)c1)C(C)C. The summed E-state index contributed by atoms with van der Waals surface area (Å²) in [6.07, 6.45) is -12.7. The Bertz CT molecular complexity index is 4430. The smallest absolute Gasteiger partial charge is 0.410 e. The molecule has 11 N–H and O–H groups in total. The monoisotopic (exact) mass is 2050 g/mol. The van der Waals surface area contributed by atoms with Crippen molar-refractivity contribution in [3.8, 4) is 16.9 Å². The normalized spacial score (nSPS) is 18.2. The Morgan fingerprint density at radius 1 is 0.538 bits per heavy atom. The molecule has 1 aliphatic carbocycles. The van der Waals surface area contributed by atoms with Crippen molar-refractivity contribution in [2.24, 2.45) is 23.7 Å². The van der Waals surface area contributed by atoms with Crippen LogP contribution >= 0.6 is 0 Å². The molecule has 9 amide bonds. The van der Waals surface area contributed by atoms with E-state index in [1.807, 2.05) is 68.4 Å². The van der Waals surface area contributed by atoms with Gasteiger partial charge < -0.3 is 152 Å². The number of carbonyl (C=O) groups is 10. The number of aliphatic hydroxyl groups excluding tert-OH is 4. The van der Waals surface area contributed by atoms with Gasteiger partial charge in [0.2, 0.25) is 47.6 Å². The third-order valence-corrected chi connectivity index (χ3v) is 25.3. The van der Waals surface area contributed by atoms with E-state index in [1.165, 1.54) is 44.4 Å². The van der Waals surface area contributed by atoms with E-state index >= 15 is 4.79 Å². The molecule has 16 atom stereocenters. The summed E-state index contributed by atoms with van der Waals surface area (Å²) in [7, 11) is 7.52. The van der Waals surface area contributed by atoms with Gasteiger partial charge in [-0.2, -0.15) is 0 Å². The van der Waals surface area contributed by atoms with Gasteiger partial charge in [-0.3, -0.25) is 38.5 Å². The lowest BCUT2D eigenvalue weighted by molar-refractivity contribution is -0.271. The number of fused-ring (bicyclic) bond motifs is 3. The van der Waals surface area contributed by atoms with Crippen molar-refractivity contribution in [1.29, 1.82) is 0 Å². The number of nitrogens with zero attached hydrogens (tertiary/aromatic N) is 3. The van der Waals surface area contributed by atoms with Gasteiger partial charge in [-0.15, -0.1) is 0 Å². The molecule has 3 aliphatic rings. The number of likely N-dealkylation sites (N-methyl/N-ethyl adjacent to an activating group) is 2. The number of benzene rings is 4. The van der Waals surface area contributed by atoms with E-state index in [-0.39, 0.29) is 105 Å². The molecular weight excluding hydrogens is 1890 g/mol. The van der Waals surface area contributed by atoms with Gasteiger partial charge in [-0.25, -0.2) is 14.4 Å². The van der Waals surface area contributed by atoms with Crippen LogP contribution in [0.15, 0.2) is 97.1 Å². The molecule has 814 valence electrons. The molecule has 4 aromatic rings. The maximum Gasteiger partial charge on any atom is 0.410 e. The number of alkyl carbamates (subject to hydrolysis) is 1. The number of carbonyl (C=O) groups excluding carboxylic acids is 9. The number of likely N-dealkylation sites (tertiary alicyclic amines) is 1. The second-order valence-corrected chi connectivity index (χ2v) is 36.4. The Hall–Kier alpha value is -9.78. The minimum Gasteiger partial charge on any atom is -0.479 e. The molecule has 0 saturated carbocycles. The number of aliphatic carboxylic acids is 1. The molecule has 2 heterocycles. The summed E-state index contributed by atoms with van der Waals surface area (Å²) in [6.45, 7) is 23.4. The second-order valence-electron chi connectivity index (χ2n) is 36.4. The zero-order chi connectivity index (χ0) is 106. The minimum atomic E-state index is -2.09. The Kier molecular flexibility index (Phi) is 57.2. The van der Waals surface area contributed by atoms with Crippen LogP contribution in [0.5, 0.6) is 5.75 Å². The molecule has 0 aromatic heterocycles. The van der Waals surface area contributed by atoms with Crippen LogP contribution in [0, 0.1) is 23.7 Å². The number of rotatable bonds is 74. The van der Waals surface area contributed by atoms with E-state index in [9.17, 15) is 68.7 Å². The summed E-state index contributed by atoms with van der Waals surface area (Å²) in [4.78, 5) is 144. The number of anilines is 1. The first-order valence-corrected chi connectivity index (χ1v) is 50.2. The number of hydrogen-bond donors (Lipinski definition) is 11. The molecular formula is C103H159N9O33. The molecule has 4 aromatic carbocycles. The van der Waals surface area contributed by atoms with Crippen LogP contribution < -0.4 is 36.6 Å². The molecule has 0 unspecified atom stereocenters. The zero-order valence-electron chi connectivity index (χ0n) is 86.4. The van der Waals surface area contributed by atoms with Gasteiger partial charge in [0.05, 0.1) is 206 Å². The highest BCUT2D eigenvalue weighted by Gasteiger charge is 2.49. The highest BCUT2D eigenvalue weighted by molar-refractivity contribution is 5.94. The van der Waals surface area contributed by atoms with Crippen LogP contribution in [-0.4, -0.2) is 393 Å². The van der Waals surface area contributed by atoms with Crippen molar-refractivity contribution >= 4 is 65.2 Å². The third kappa shape index (κ3) is 41.3. The van der Waals surface area contributed by atoms with Crippen molar-refractivity contribution in [2.75, 3.05) is 219 Å². The average molecular weight is 2050 g/mol. The van der Waals surface area contributed by atoms with Crippen LogP contribution in [0.25, 0.3) is 11.1 Å². The first-order valence-electron chi connectivity index (χ1n) is 50.2. The van der Waals surface area contributed by atoms with Crippen molar-refractivity contribution in [2.45, 2.75) is 211 Å². The van der Waals surface area contributed by atoms with E-state index in [1.54, 1.807) is 84.9 Å². The van der Waals surface area contributed by atoms with Crippen LogP contribution in [0.2, 0.25) is 0 Å². The maximum absolute atomic E-state index is 15.1. The fraction of sp³-hybridized carbons (Fsp3) is 0.670. The lowest BCUT2D eigenvalue weighted by atomic mass is 9.89. The summed E-state index contributed by atoms with van der Waals surface area (Å²) in [5.74, 6) is -7.95. The van der Waals surface area contributed by atoms with Crippen LogP contribution in [0.3, 0.4) is 0 Å². The van der Waals surface area contributed by atoms with Crippen molar-refractivity contribution in [3.05, 3.63) is 119 Å². The number of methoxy groups -OCH3 is 3. The maximum atomic E-state index is 15.1. The fourth-order valence-corrected chi connectivity index (χ4v) is 17.2. The Balaban J connectivity index is 0.870. The molecule has 2 aliphatic heterocycles. The number of aliphatic hydroxyl groups is 4. The lowest BCUT2D eigenvalue weighted by Crippen LogP contribution is -2.61.